The van der Waals surface area contributed by atoms with Crippen molar-refractivity contribution < 1.29 is 0 Å². The molecule has 196 valence electrons. The molecule has 2 unspecified atom stereocenters. The van der Waals surface area contributed by atoms with Crippen molar-refractivity contribution in [3.63, 3.8) is 0 Å². The average Bonchev–Trinajstić information content (AvgIpc) is 2.95. The van der Waals surface area contributed by atoms with Gasteiger partial charge in [-0.05, 0) is 90.1 Å². The van der Waals surface area contributed by atoms with Gasteiger partial charge in [-0.25, -0.2) is 9.97 Å². The number of anilines is 1. The zero-order valence-electron chi connectivity index (χ0n) is 22.3. The third-order valence-corrected chi connectivity index (χ3v) is 7.92. The van der Waals surface area contributed by atoms with Gasteiger partial charge >= 0.3 is 0 Å². The van der Waals surface area contributed by atoms with Gasteiger partial charge in [-0.2, -0.15) is 0 Å². The van der Waals surface area contributed by atoms with Gasteiger partial charge in [0.1, 0.15) is 5.82 Å². The van der Waals surface area contributed by atoms with Crippen LogP contribution in [0.25, 0.3) is 34.2 Å². The highest BCUT2D eigenvalue weighted by Crippen LogP contribution is 2.30. The van der Waals surface area contributed by atoms with Crippen molar-refractivity contribution in [3.8, 4) is 11.1 Å². The van der Waals surface area contributed by atoms with E-state index in [0.29, 0.717) is 28.6 Å². The SMILES string of the molecule is CC(C)c1cccc(-c2ccc(/C=C/c3nc(NCC4CCCC(CN)C4)c4ccc(Cl)cc4n3)cc2)c1. The maximum Gasteiger partial charge on any atom is 0.154 e. The number of nitrogens with one attached hydrogen (secondary N) is 1. The van der Waals surface area contributed by atoms with E-state index in [1.54, 1.807) is 0 Å². The molecule has 1 aromatic heterocycles. The first-order valence-electron chi connectivity index (χ1n) is 13.8. The minimum absolute atomic E-state index is 0.513. The molecule has 1 heterocycles. The molecular weight excluding hydrogens is 488 g/mol. The van der Waals surface area contributed by atoms with Crippen molar-refractivity contribution in [2.24, 2.45) is 17.6 Å². The lowest BCUT2D eigenvalue weighted by Gasteiger charge is -2.28. The third-order valence-electron chi connectivity index (χ3n) is 7.68. The number of hydrogen-bond donors (Lipinski definition) is 2. The van der Waals surface area contributed by atoms with E-state index in [9.17, 15) is 0 Å². The first-order chi connectivity index (χ1) is 18.5. The molecule has 0 spiro atoms. The lowest BCUT2D eigenvalue weighted by atomic mass is 9.81. The number of hydrogen-bond acceptors (Lipinski definition) is 4. The molecule has 3 aromatic carbocycles. The fourth-order valence-corrected chi connectivity index (χ4v) is 5.57. The summed E-state index contributed by atoms with van der Waals surface area (Å²) in [7, 11) is 0. The molecule has 2 atom stereocenters. The number of benzene rings is 3. The Morgan fingerprint density at radius 3 is 2.55 bits per heavy atom. The summed E-state index contributed by atoms with van der Waals surface area (Å²) in [6.45, 7) is 6.13. The van der Waals surface area contributed by atoms with Gasteiger partial charge in [-0.1, -0.05) is 86.5 Å². The first kappa shape index (κ1) is 26.4. The van der Waals surface area contributed by atoms with E-state index in [1.165, 1.54) is 42.4 Å². The molecule has 0 bridgehead atoms. The fraction of sp³-hybridized carbons (Fsp3) is 0.333. The highest BCUT2D eigenvalue weighted by atomic mass is 35.5. The van der Waals surface area contributed by atoms with Gasteiger partial charge in [0.25, 0.3) is 0 Å². The standard InChI is InChI=1S/C33H37ClN4/c1-22(2)27-7-4-8-28(18-27)26-12-9-23(10-13-26)11-16-32-37-31-19-29(34)14-15-30(31)33(38-32)36-21-25-6-3-5-24(17-25)20-35/h4,7-16,18-19,22,24-25H,3,5-6,17,20-21,35H2,1-2H3,(H,36,37,38)/b16-11+. The maximum absolute atomic E-state index is 6.31. The molecule has 4 nitrogen and oxygen atoms in total. The second-order valence-corrected chi connectivity index (χ2v) is 11.3. The Morgan fingerprint density at radius 1 is 0.947 bits per heavy atom. The molecule has 4 aromatic rings. The van der Waals surface area contributed by atoms with Gasteiger partial charge < -0.3 is 11.1 Å². The highest BCUT2D eigenvalue weighted by Gasteiger charge is 2.21. The number of aromatic nitrogens is 2. The molecule has 0 saturated heterocycles. The third kappa shape index (κ3) is 6.43. The zero-order chi connectivity index (χ0) is 26.5. The van der Waals surface area contributed by atoms with Crippen LogP contribution in [0.4, 0.5) is 5.82 Å². The van der Waals surface area contributed by atoms with Crippen LogP contribution in [0.5, 0.6) is 0 Å². The molecular formula is C33H37ClN4. The second kappa shape index (κ2) is 12.1. The van der Waals surface area contributed by atoms with Crippen LogP contribution >= 0.6 is 11.6 Å². The fourth-order valence-electron chi connectivity index (χ4n) is 5.41. The predicted molar refractivity (Wildman–Crippen MR) is 162 cm³/mol. The van der Waals surface area contributed by atoms with E-state index in [0.717, 1.165) is 35.4 Å². The van der Waals surface area contributed by atoms with Crippen molar-refractivity contribution >= 4 is 40.5 Å². The predicted octanol–water partition coefficient (Wildman–Crippen LogP) is 8.42. The zero-order valence-corrected chi connectivity index (χ0v) is 23.1. The van der Waals surface area contributed by atoms with Crippen molar-refractivity contribution in [2.75, 3.05) is 18.4 Å². The number of nitrogens with zero attached hydrogens (tertiary/aromatic N) is 2. The Kier molecular flexibility index (Phi) is 8.41. The number of fused-ring (bicyclic) bond motifs is 1. The van der Waals surface area contributed by atoms with Crippen LogP contribution in [0.2, 0.25) is 5.02 Å². The molecule has 0 aliphatic heterocycles. The molecule has 0 radical (unpaired) electrons. The highest BCUT2D eigenvalue weighted by molar-refractivity contribution is 6.31. The van der Waals surface area contributed by atoms with E-state index < -0.39 is 0 Å². The summed E-state index contributed by atoms with van der Waals surface area (Å²) < 4.78 is 0. The Labute approximate surface area is 231 Å². The summed E-state index contributed by atoms with van der Waals surface area (Å²) in [6, 6.07) is 23.2. The van der Waals surface area contributed by atoms with E-state index in [4.69, 9.17) is 27.3 Å². The minimum Gasteiger partial charge on any atom is -0.369 e. The van der Waals surface area contributed by atoms with E-state index >= 15 is 0 Å². The Hall–Kier alpha value is -3.21. The quantitative estimate of drug-likeness (QED) is 0.243. The van der Waals surface area contributed by atoms with Crippen LogP contribution in [0, 0.1) is 11.8 Å². The van der Waals surface area contributed by atoms with Crippen LogP contribution in [0.3, 0.4) is 0 Å². The van der Waals surface area contributed by atoms with Crippen molar-refractivity contribution in [3.05, 3.63) is 88.7 Å². The van der Waals surface area contributed by atoms with Gasteiger partial charge in [0.2, 0.25) is 0 Å². The molecule has 1 aliphatic carbocycles. The smallest absolute Gasteiger partial charge is 0.154 e. The van der Waals surface area contributed by atoms with Gasteiger partial charge in [0.05, 0.1) is 5.52 Å². The monoisotopic (exact) mass is 524 g/mol. The van der Waals surface area contributed by atoms with Crippen molar-refractivity contribution in [2.45, 2.75) is 45.4 Å². The molecule has 0 amide bonds. The minimum atomic E-state index is 0.513. The van der Waals surface area contributed by atoms with Crippen LogP contribution in [0.1, 0.15) is 62.4 Å². The Bertz CT molecular complexity index is 1410. The van der Waals surface area contributed by atoms with Gasteiger partial charge in [0.15, 0.2) is 5.82 Å². The van der Waals surface area contributed by atoms with Crippen molar-refractivity contribution in [1.29, 1.82) is 0 Å². The summed E-state index contributed by atoms with van der Waals surface area (Å²) in [5.74, 6) is 3.30. The van der Waals surface area contributed by atoms with Gasteiger partial charge in [-0.3, -0.25) is 0 Å². The summed E-state index contributed by atoms with van der Waals surface area (Å²) in [6.07, 6.45) is 8.97. The first-order valence-corrected chi connectivity index (χ1v) is 14.2. The van der Waals surface area contributed by atoms with E-state index in [1.807, 2.05) is 24.3 Å². The van der Waals surface area contributed by atoms with Crippen LogP contribution in [-0.4, -0.2) is 23.1 Å². The second-order valence-electron chi connectivity index (χ2n) is 10.8. The van der Waals surface area contributed by atoms with Crippen LogP contribution < -0.4 is 11.1 Å². The Morgan fingerprint density at radius 2 is 1.76 bits per heavy atom. The number of halogens is 1. The van der Waals surface area contributed by atoms with Crippen molar-refractivity contribution in [1.82, 2.24) is 9.97 Å². The summed E-state index contributed by atoms with van der Waals surface area (Å²) >= 11 is 6.31. The number of nitrogens with two attached hydrogens (primary N) is 1. The summed E-state index contributed by atoms with van der Waals surface area (Å²) in [4.78, 5) is 9.67. The number of rotatable bonds is 8. The maximum atomic E-state index is 6.31. The molecule has 5 heteroatoms. The molecule has 1 fully saturated rings. The van der Waals surface area contributed by atoms with Crippen LogP contribution in [0.15, 0.2) is 66.7 Å². The van der Waals surface area contributed by atoms with Gasteiger partial charge in [0, 0.05) is 17.0 Å². The van der Waals surface area contributed by atoms with Gasteiger partial charge in [-0.15, -0.1) is 0 Å². The molecule has 1 aliphatic rings. The normalized spacial score (nSPS) is 17.9. The lowest BCUT2D eigenvalue weighted by Crippen LogP contribution is -2.26. The average molecular weight is 525 g/mol. The summed E-state index contributed by atoms with van der Waals surface area (Å²) in [5, 5.41) is 5.29. The molecule has 38 heavy (non-hydrogen) atoms. The molecule has 5 rings (SSSR count). The molecule has 3 N–H and O–H groups in total. The van der Waals surface area contributed by atoms with E-state index in [-0.39, 0.29) is 0 Å². The molecule has 1 saturated carbocycles. The topological polar surface area (TPSA) is 63.8 Å². The summed E-state index contributed by atoms with van der Waals surface area (Å²) in [5.41, 5.74) is 11.7. The Balaban J connectivity index is 1.35. The lowest BCUT2D eigenvalue weighted by molar-refractivity contribution is 0.281. The van der Waals surface area contributed by atoms with E-state index in [2.05, 4.69) is 73.8 Å². The van der Waals surface area contributed by atoms with Crippen LogP contribution in [-0.2, 0) is 0 Å². The largest absolute Gasteiger partial charge is 0.369 e.